The molecule has 0 unspecified atom stereocenters. The molecule has 1 aromatic carbocycles. The molecule has 2 rings (SSSR count). The molecule has 0 spiro atoms. The third-order valence-corrected chi connectivity index (χ3v) is 5.03. The molecule has 1 aromatic rings. The molecule has 0 fully saturated rings. The number of nitrogens with two attached hydrogens (primary N) is 1. The van der Waals surface area contributed by atoms with Crippen molar-refractivity contribution in [2.75, 3.05) is 18.8 Å². The fraction of sp³-hybridized carbons (Fsp3) is 0.385. The lowest BCUT2D eigenvalue weighted by Gasteiger charge is -2.25. The number of benzene rings is 1. The van der Waals surface area contributed by atoms with Crippen LogP contribution in [-0.2, 0) is 10.0 Å². The number of rotatable bonds is 2. The monoisotopic (exact) mass is 266 g/mol. The third-order valence-electron chi connectivity index (χ3n) is 3.19. The summed E-state index contributed by atoms with van der Waals surface area (Å²) in [4.78, 5) is 0.278. The van der Waals surface area contributed by atoms with E-state index >= 15 is 0 Å². The summed E-state index contributed by atoms with van der Waals surface area (Å²) in [7, 11) is -3.42. The minimum absolute atomic E-state index is 0.278. The molecule has 0 bridgehead atoms. The topological polar surface area (TPSA) is 63.4 Å². The average Bonchev–Trinajstić information content (AvgIpc) is 2.32. The lowest BCUT2D eigenvalue weighted by atomic mass is 10.2. The molecule has 0 atom stereocenters. The van der Waals surface area contributed by atoms with Crippen LogP contribution in [0.5, 0.6) is 0 Å². The number of aryl methyl sites for hydroxylation is 1. The summed E-state index contributed by atoms with van der Waals surface area (Å²) in [6.45, 7) is 4.81. The largest absolute Gasteiger partial charge is 0.398 e. The fourth-order valence-corrected chi connectivity index (χ4v) is 3.54. The lowest BCUT2D eigenvalue weighted by molar-refractivity contribution is 0.428. The summed E-state index contributed by atoms with van der Waals surface area (Å²) in [6.07, 6.45) is 2.85. The van der Waals surface area contributed by atoms with Gasteiger partial charge in [0.15, 0.2) is 0 Å². The van der Waals surface area contributed by atoms with Crippen LogP contribution in [0.2, 0.25) is 0 Å². The normalized spacial score (nSPS) is 17.6. The highest BCUT2D eigenvalue weighted by Gasteiger charge is 2.26. The van der Waals surface area contributed by atoms with Gasteiger partial charge in [0.2, 0.25) is 10.0 Å². The summed E-state index contributed by atoms with van der Waals surface area (Å²) in [5, 5.41) is 0. The van der Waals surface area contributed by atoms with Crippen molar-refractivity contribution in [2.24, 2.45) is 0 Å². The van der Waals surface area contributed by atoms with Gasteiger partial charge in [0.25, 0.3) is 0 Å². The SMILES string of the molecule is CC1=CCCN(S(=O)(=O)c2ccc(C)c(N)c2)C1. The van der Waals surface area contributed by atoms with Crippen molar-refractivity contribution < 1.29 is 8.42 Å². The molecule has 5 heteroatoms. The van der Waals surface area contributed by atoms with E-state index < -0.39 is 10.0 Å². The third kappa shape index (κ3) is 2.42. The maximum atomic E-state index is 12.4. The molecule has 0 amide bonds. The maximum Gasteiger partial charge on any atom is 0.243 e. The highest BCUT2D eigenvalue weighted by atomic mass is 32.2. The Kier molecular flexibility index (Phi) is 3.45. The Labute approximate surface area is 108 Å². The van der Waals surface area contributed by atoms with Gasteiger partial charge in [-0.15, -0.1) is 0 Å². The minimum atomic E-state index is -3.42. The van der Waals surface area contributed by atoms with Gasteiger partial charge in [-0.05, 0) is 38.0 Å². The standard InChI is InChI=1S/C13H18N2O2S/c1-10-4-3-7-15(9-10)18(16,17)12-6-5-11(2)13(14)8-12/h4-6,8H,3,7,9,14H2,1-2H3. The maximum absolute atomic E-state index is 12.4. The summed E-state index contributed by atoms with van der Waals surface area (Å²) in [6, 6.07) is 4.90. The molecule has 1 heterocycles. The van der Waals surface area contributed by atoms with Crippen LogP contribution in [0.3, 0.4) is 0 Å². The van der Waals surface area contributed by atoms with Crippen molar-refractivity contribution in [3.8, 4) is 0 Å². The Hall–Kier alpha value is -1.33. The first kappa shape index (κ1) is 13.1. The van der Waals surface area contributed by atoms with Crippen LogP contribution in [0, 0.1) is 6.92 Å². The summed E-state index contributed by atoms with van der Waals surface area (Å²) < 4.78 is 26.4. The first-order valence-corrected chi connectivity index (χ1v) is 7.37. The molecule has 98 valence electrons. The second-order valence-electron chi connectivity index (χ2n) is 4.70. The zero-order valence-electron chi connectivity index (χ0n) is 10.7. The Morgan fingerprint density at radius 3 is 2.61 bits per heavy atom. The molecular weight excluding hydrogens is 248 g/mol. The molecule has 0 saturated heterocycles. The Balaban J connectivity index is 2.36. The summed E-state index contributed by atoms with van der Waals surface area (Å²) in [5.41, 5.74) is 8.27. The van der Waals surface area contributed by atoms with Gasteiger partial charge in [0, 0.05) is 18.8 Å². The number of hydrogen-bond donors (Lipinski definition) is 1. The van der Waals surface area contributed by atoms with E-state index in [-0.39, 0.29) is 4.90 Å². The van der Waals surface area contributed by atoms with Crippen molar-refractivity contribution in [1.82, 2.24) is 4.31 Å². The van der Waals surface area contributed by atoms with Gasteiger partial charge in [-0.25, -0.2) is 8.42 Å². The zero-order chi connectivity index (χ0) is 13.3. The van der Waals surface area contributed by atoms with E-state index in [9.17, 15) is 8.42 Å². The van der Waals surface area contributed by atoms with E-state index in [0.717, 1.165) is 17.6 Å². The van der Waals surface area contributed by atoms with Crippen molar-refractivity contribution in [3.05, 3.63) is 35.4 Å². The van der Waals surface area contributed by atoms with Crippen LogP contribution in [0.1, 0.15) is 18.9 Å². The van der Waals surface area contributed by atoms with Gasteiger partial charge in [-0.2, -0.15) is 4.31 Å². The highest BCUT2D eigenvalue weighted by Crippen LogP contribution is 2.23. The van der Waals surface area contributed by atoms with Gasteiger partial charge in [-0.3, -0.25) is 0 Å². The van der Waals surface area contributed by atoms with Crippen molar-refractivity contribution in [2.45, 2.75) is 25.2 Å². The Bertz CT molecular complexity index is 591. The summed E-state index contributed by atoms with van der Waals surface area (Å²) >= 11 is 0. The molecule has 0 saturated carbocycles. The number of anilines is 1. The Morgan fingerprint density at radius 1 is 1.28 bits per heavy atom. The van der Waals surface area contributed by atoms with Crippen molar-refractivity contribution in [1.29, 1.82) is 0 Å². The smallest absolute Gasteiger partial charge is 0.243 e. The molecule has 1 aliphatic heterocycles. The van der Waals surface area contributed by atoms with E-state index in [2.05, 4.69) is 6.08 Å². The zero-order valence-corrected chi connectivity index (χ0v) is 11.5. The molecule has 0 radical (unpaired) electrons. The second kappa shape index (κ2) is 4.74. The van der Waals surface area contributed by atoms with Crippen LogP contribution < -0.4 is 5.73 Å². The molecule has 4 nitrogen and oxygen atoms in total. The first-order chi connectivity index (χ1) is 8.41. The fourth-order valence-electron chi connectivity index (χ4n) is 2.01. The number of nitrogen functional groups attached to an aromatic ring is 1. The summed E-state index contributed by atoms with van der Waals surface area (Å²) in [5.74, 6) is 0. The van der Waals surface area contributed by atoms with Crippen LogP contribution in [0.15, 0.2) is 34.7 Å². The van der Waals surface area contributed by atoms with Gasteiger partial charge in [-0.1, -0.05) is 17.7 Å². The van der Waals surface area contributed by atoms with Gasteiger partial charge in [0.05, 0.1) is 4.90 Å². The second-order valence-corrected chi connectivity index (χ2v) is 6.63. The van der Waals surface area contributed by atoms with E-state index in [1.165, 1.54) is 4.31 Å². The van der Waals surface area contributed by atoms with E-state index in [1.807, 2.05) is 13.8 Å². The number of nitrogens with zero attached hydrogens (tertiary/aromatic N) is 1. The van der Waals surface area contributed by atoms with E-state index in [1.54, 1.807) is 18.2 Å². The highest BCUT2D eigenvalue weighted by molar-refractivity contribution is 7.89. The van der Waals surface area contributed by atoms with Gasteiger partial charge < -0.3 is 5.73 Å². The van der Waals surface area contributed by atoms with Crippen LogP contribution in [0.4, 0.5) is 5.69 Å². The van der Waals surface area contributed by atoms with Crippen molar-refractivity contribution >= 4 is 15.7 Å². The quantitative estimate of drug-likeness (QED) is 0.657. The van der Waals surface area contributed by atoms with Crippen LogP contribution in [-0.4, -0.2) is 25.8 Å². The predicted molar refractivity (Wildman–Crippen MR) is 72.7 cm³/mol. The average molecular weight is 266 g/mol. The molecule has 0 aliphatic carbocycles. The minimum Gasteiger partial charge on any atom is -0.398 e. The van der Waals surface area contributed by atoms with E-state index in [4.69, 9.17) is 5.73 Å². The Morgan fingerprint density at radius 2 is 2.00 bits per heavy atom. The van der Waals surface area contributed by atoms with Gasteiger partial charge >= 0.3 is 0 Å². The number of sulfonamides is 1. The van der Waals surface area contributed by atoms with Gasteiger partial charge in [0.1, 0.15) is 0 Å². The molecule has 0 aromatic heterocycles. The van der Waals surface area contributed by atoms with E-state index in [0.29, 0.717) is 18.8 Å². The molecule has 1 aliphatic rings. The predicted octanol–water partition coefficient (Wildman–Crippen LogP) is 1.92. The first-order valence-electron chi connectivity index (χ1n) is 5.93. The van der Waals surface area contributed by atoms with Crippen molar-refractivity contribution in [3.63, 3.8) is 0 Å². The molecule has 18 heavy (non-hydrogen) atoms. The lowest BCUT2D eigenvalue weighted by Crippen LogP contribution is -2.35. The molecular formula is C13H18N2O2S. The molecule has 2 N–H and O–H groups in total. The van der Waals surface area contributed by atoms with Crippen LogP contribution >= 0.6 is 0 Å². The number of hydrogen-bond acceptors (Lipinski definition) is 3. The van der Waals surface area contributed by atoms with Crippen LogP contribution in [0.25, 0.3) is 0 Å².